The Morgan fingerprint density at radius 1 is 1.53 bits per heavy atom. The van der Waals surface area contributed by atoms with Crippen LogP contribution in [0.5, 0.6) is 0 Å². The molecule has 4 heteroatoms. The van der Waals surface area contributed by atoms with Gasteiger partial charge in [0.15, 0.2) is 0 Å². The molecule has 0 spiro atoms. The van der Waals surface area contributed by atoms with Crippen molar-refractivity contribution in [1.29, 1.82) is 0 Å². The van der Waals surface area contributed by atoms with Crippen molar-refractivity contribution in [2.45, 2.75) is 46.0 Å². The molecule has 1 amide bonds. The molecule has 0 aromatic carbocycles. The lowest BCUT2D eigenvalue weighted by molar-refractivity contribution is -0.141. The molecule has 2 atom stereocenters. The molecular weight excluding hydrogens is 218 g/mol. The van der Waals surface area contributed by atoms with Gasteiger partial charge in [-0.3, -0.25) is 9.59 Å². The van der Waals surface area contributed by atoms with E-state index in [9.17, 15) is 9.59 Å². The van der Waals surface area contributed by atoms with Crippen LogP contribution in [0.25, 0.3) is 0 Å². The topological polar surface area (TPSA) is 57.6 Å². The standard InChI is InChI=1S/C13H23NO3/c1-3-5-6-10(4-2)8-14-9-11(13(16)17)7-12(14)15/h10-11H,3-9H2,1-2H3,(H,16,17)/t10-,11+/m1/s1. The van der Waals surface area contributed by atoms with Crippen molar-refractivity contribution in [2.24, 2.45) is 11.8 Å². The van der Waals surface area contributed by atoms with Crippen LogP contribution in [-0.2, 0) is 9.59 Å². The maximum absolute atomic E-state index is 11.7. The number of nitrogens with zero attached hydrogens (tertiary/aromatic N) is 1. The van der Waals surface area contributed by atoms with Crippen molar-refractivity contribution < 1.29 is 14.7 Å². The van der Waals surface area contributed by atoms with Gasteiger partial charge in [-0.05, 0) is 12.3 Å². The third-order valence-electron chi connectivity index (χ3n) is 3.59. The van der Waals surface area contributed by atoms with Gasteiger partial charge in [0.25, 0.3) is 0 Å². The minimum atomic E-state index is -0.845. The van der Waals surface area contributed by atoms with E-state index in [1.807, 2.05) is 0 Å². The third-order valence-corrected chi connectivity index (χ3v) is 3.59. The molecule has 0 aliphatic carbocycles. The van der Waals surface area contributed by atoms with Gasteiger partial charge in [0.05, 0.1) is 5.92 Å². The van der Waals surface area contributed by atoms with Crippen molar-refractivity contribution in [2.75, 3.05) is 13.1 Å². The number of hydrogen-bond acceptors (Lipinski definition) is 2. The van der Waals surface area contributed by atoms with Crippen LogP contribution in [0.1, 0.15) is 46.0 Å². The summed E-state index contributed by atoms with van der Waals surface area (Å²) in [6.45, 7) is 5.43. The highest BCUT2D eigenvalue weighted by Gasteiger charge is 2.34. The van der Waals surface area contributed by atoms with Gasteiger partial charge in [0, 0.05) is 19.5 Å². The molecule has 0 aromatic rings. The van der Waals surface area contributed by atoms with Gasteiger partial charge in [0.1, 0.15) is 0 Å². The summed E-state index contributed by atoms with van der Waals surface area (Å²) >= 11 is 0. The first-order valence-electron chi connectivity index (χ1n) is 6.59. The lowest BCUT2D eigenvalue weighted by Crippen LogP contribution is -2.31. The summed E-state index contributed by atoms with van der Waals surface area (Å²) in [5, 5.41) is 8.90. The summed E-state index contributed by atoms with van der Waals surface area (Å²) in [6.07, 6.45) is 4.72. The summed E-state index contributed by atoms with van der Waals surface area (Å²) in [4.78, 5) is 24.3. The van der Waals surface area contributed by atoms with Crippen LogP contribution in [0.15, 0.2) is 0 Å². The number of likely N-dealkylation sites (tertiary alicyclic amines) is 1. The SMILES string of the molecule is CCCC[C@@H](CC)CN1C[C@@H](C(=O)O)CC1=O. The van der Waals surface area contributed by atoms with E-state index < -0.39 is 11.9 Å². The fraction of sp³-hybridized carbons (Fsp3) is 0.846. The van der Waals surface area contributed by atoms with Crippen molar-refractivity contribution in [1.82, 2.24) is 4.90 Å². The maximum Gasteiger partial charge on any atom is 0.308 e. The highest BCUT2D eigenvalue weighted by Crippen LogP contribution is 2.22. The second-order valence-electron chi connectivity index (χ2n) is 4.95. The van der Waals surface area contributed by atoms with Gasteiger partial charge in [-0.2, -0.15) is 0 Å². The van der Waals surface area contributed by atoms with Crippen LogP contribution in [-0.4, -0.2) is 35.0 Å². The van der Waals surface area contributed by atoms with Crippen LogP contribution >= 0.6 is 0 Å². The van der Waals surface area contributed by atoms with Crippen LogP contribution in [0, 0.1) is 11.8 Å². The Bertz CT molecular complexity index is 278. The average molecular weight is 241 g/mol. The van der Waals surface area contributed by atoms with E-state index >= 15 is 0 Å². The summed E-state index contributed by atoms with van der Waals surface area (Å²) in [5.74, 6) is -0.813. The zero-order chi connectivity index (χ0) is 12.8. The lowest BCUT2D eigenvalue weighted by atomic mass is 9.99. The molecule has 1 saturated heterocycles. The van der Waals surface area contributed by atoms with Crippen LogP contribution in [0.2, 0.25) is 0 Å². The summed E-state index contributed by atoms with van der Waals surface area (Å²) < 4.78 is 0. The Morgan fingerprint density at radius 2 is 2.24 bits per heavy atom. The number of hydrogen-bond donors (Lipinski definition) is 1. The molecule has 1 N–H and O–H groups in total. The molecule has 17 heavy (non-hydrogen) atoms. The van der Waals surface area contributed by atoms with E-state index in [4.69, 9.17) is 5.11 Å². The fourth-order valence-corrected chi connectivity index (χ4v) is 2.34. The number of carboxylic acids is 1. The predicted molar refractivity (Wildman–Crippen MR) is 65.6 cm³/mol. The maximum atomic E-state index is 11.7. The van der Waals surface area contributed by atoms with E-state index in [2.05, 4.69) is 13.8 Å². The predicted octanol–water partition coefficient (Wildman–Crippen LogP) is 2.14. The number of unbranched alkanes of at least 4 members (excludes halogenated alkanes) is 1. The molecule has 1 fully saturated rings. The second kappa shape index (κ2) is 6.62. The minimum Gasteiger partial charge on any atom is -0.481 e. The van der Waals surface area contributed by atoms with E-state index in [1.54, 1.807) is 4.90 Å². The third kappa shape index (κ3) is 4.02. The molecule has 1 aliphatic heterocycles. The van der Waals surface area contributed by atoms with Crippen molar-refractivity contribution in [3.63, 3.8) is 0 Å². The Kier molecular flexibility index (Phi) is 5.45. The first kappa shape index (κ1) is 14.0. The van der Waals surface area contributed by atoms with Gasteiger partial charge in [-0.1, -0.05) is 33.1 Å². The molecule has 0 radical (unpaired) electrons. The molecule has 0 bridgehead atoms. The van der Waals surface area contributed by atoms with Gasteiger partial charge < -0.3 is 10.0 Å². The van der Waals surface area contributed by atoms with Crippen LogP contribution in [0.3, 0.4) is 0 Å². The van der Waals surface area contributed by atoms with E-state index in [1.165, 1.54) is 12.8 Å². The summed E-state index contributed by atoms with van der Waals surface area (Å²) in [6, 6.07) is 0. The van der Waals surface area contributed by atoms with Crippen molar-refractivity contribution in [3.8, 4) is 0 Å². The van der Waals surface area contributed by atoms with Gasteiger partial charge in [-0.15, -0.1) is 0 Å². The molecule has 98 valence electrons. The van der Waals surface area contributed by atoms with E-state index in [0.29, 0.717) is 12.5 Å². The van der Waals surface area contributed by atoms with Gasteiger partial charge in [0.2, 0.25) is 5.91 Å². The second-order valence-corrected chi connectivity index (χ2v) is 4.95. The summed E-state index contributed by atoms with van der Waals surface area (Å²) in [5.41, 5.74) is 0. The number of amides is 1. The molecule has 1 heterocycles. The molecule has 0 saturated carbocycles. The van der Waals surface area contributed by atoms with Crippen molar-refractivity contribution in [3.05, 3.63) is 0 Å². The van der Waals surface area contributed by atoms with Gasteiger partial charge >= 0.3 is 5.97 Å². The Balaban J connectivity index is 2.44. The molecule has 0 aromatic heterocycles. The Morgan fingerprint density at radius 3 is 2.71 bits per heavy atom. The monoisotopic (exact) mass is 241 g/mol. The summed E-state index contributed by atoms with van der Waals surface area (Å²) in [7, 11) is 0. The largest absolute Gasteiger partial charge is 0.481 e. The van der Waals surface area contributed by atoms with E-state index in [0.717, 1.165) is 19.4 Å². The van der Waals surface area contributed by atoms with Crippen LogP contribution < -0.4 is 0 Å². The number of carboxylic acid groups (broad SMARTS) is 1. The Hall–Kier alpha value is -1.06. The number of carbonyl (C=O) groups is 2. The van der Waals surface area contributed by atoms with Crippen LogP contribution in [0.4, 0.5) is 0 Å². The zero-order valence-corrected chi connectivity index (χ0v) is 10.8. The number of aliphatic carboxylic acids is 1. The molecule has 4 nitrogen and oxygen atoms in total. The fourth-order valence-electron chi connectivity index (χ4n) is 2.34. The lowest BCUT2D eigenvalue weighted by Gasteiger charge is -2.22. The molecule has 1 rings (SSSR count). The highest BCUT2D eigenvalue weighted by molar-refractivity contribution is 5.86. The van der Waals surface area contributed by atoms with E-state index in [-0.39, 0.29) is 12.3 Å². The number of rotatable bonds is 7. The zero-order valence-electron chi connectivity index (χ0n) is 10.8. The van der Waals surface area contributed by atoms with Gasteiger partial charge in [-0.25, -0.2) is 0 Å². The quantitative estimate of drug-likeness (QED) is 0.743. The average Bonchev–Trinajstić information content (AvgIpc) is 2.66. The molecule has 0 unspecified atom stereocenters. The molecule has 1 aliphatic rings. The Labute approximate surface area is 103 Å². The first-order chi connectivity index (χ1) is 8.08. The molecular formula is C13H23NO3. The minimum absolute atomic E-state index is 0.00680. The normalized spacial score (nSPS) is 21.9. The highest BCUT2D eigenvalue weighted by atomic mass is 16.4. The first-order valence-corrected chi connectivity index (χ1v) is 6.59. The van der Waals surface area contributed by atoms with Crippen molar-refractivity contribution >= 4 is 11.9 Å². The number of carbonyl (C=O) groups excluding carboxylic acids is 1. The smallest absolute Gasteiger partial charge is 0.308 e.